The van der Waals surface area contributed by atoms with Gasteiger partial charge in [0.25, 0.3) is 11.5 Å². The molecule has 1 unspecified atom stereocenters. The fraction of sp³-hybridized carbons (Fsp3) is 0.321. The van der Waals surface area contributed by atoms with Crippen LogP contribution in [0.15, 0.2) is 59.4 Å². The molecule has 0 saturated heterocycles. The van der Waals surface area contributed by atoms with Crippen LogP contribution in [0.4, 0.5) is 0 Å². The van der Waals surface area contributed by atoms with Crippen LogP contribution in [0.25, 0.3) is 0 Å². The number of nitrogens with two attached hydrogens (primary N) is 1. The molecule has 1 atom stereocenters. The summed E-state index contributed by atoms with van der Waals surface area (Å²) < 4.78 is 1.86. The first-order valence-electron chi connectivity index (χ1n) is 11.9. The average molecular weight is 483 g/mol. The van der Waals surface area contributed by atoms with Gasteiger partial charge in [-0.15, -0.1) is 0 Å². The Morgan fingerprint density at radius 3 is 2.44 bits per heavy atom. The van der Waals surface area contributed by atoms with Gasteiger partial charge in [-0.25, -0.2) is 0 Å². The molecule has 3 aromatic rings. The molecule has 184 valence electrons. The fourth-order valence-electron chi connectivity index (χ4n) is 4.32. The van der Waals surface area contributed by atoms with Crippen molar-refractivity contribution in [1.82, 2.24) is 14.5 Å². The molecule has 0 aliphatic heterocycles. The standard InChI is InChI=1S/C28H30N6O2/c1-19(2)25(33(14-8-13-29)28(36)23-12-7-11-22(15-23)16-30)26-32-27(35)24(17-31)20(3)34(26)18-21-9-5-4-6-10-21/h4-7,9-12,15,19,25H,8,13-14,18,29H2,1-3H3. The van der Waals surface area contributed by atoms with E-state index in [0.717, 1.165) is 5.56 Å². The number of hydrogen-bond acceptors (Lipinski definition) is 6. The zero-order valence-electron chi connectivity index (χ0n) is 20.8. The highest BCUT2D eigenvalue weighted by Gasteiger charge is 2.33. The molecule has 8 nitrogen and oxygen atoms in total. The van der Waals surface area contributed by atoms with Crippen molar-refractivity contribution >= 4 is 5.91 Å². The van der Waals surface area contributed by atoms with E-state index in [4.69, 9.17) is 5.73 Å². The third kappa shape index (κ3) is 5.68. The van der Waals surface area contributed by atoms with Gasteiger partial charge in [-0.2, -0.15) is 15.5 Å². The van der Waals surface area contributed by atoms with E-state index >= 15 is 0 Å². The third-order valence-electron chi connectivity index (χ3n) is 6.10. The molecule has 2 N–H and O–H groups in total. The van der Waals surface area contributed by atoms with E-state index in [9.17, 15) is 20.1 Å². The molecular weight excluding hydrogens is 452 g/mol. The average Bonchev–Trinajstić information content (AvgIpc) is 2.88. The fourth-order valence-corrected chi connectivity index (χ4v) is 4.32. The Hall–Kier alpha value is -4.27. The maximum atomic E-state index is 13.8. The number of benzene rings is 2. The van der Waals surface area contributed by atoms with Gasteiger partial charge >= 0.3 is 0 Å². The van der Waals surface area contributed by atoms with Crippen molar-refractivity contribution in [3.8, 4) is 12.1 Å². The summed E-state index contributed by atoms with van der Waals surface area (Å²) >= 11 is 0. The molecule has 8 heteroatoms. The van der Waals surface area contributed by atoms with E-state index in [1.807, 2.05) is 54.8 Å². The van der Waals surface area contributed by atoms with Crippen LogP contribution < -0.4 is 11.3 Å². The van der Waals surface area contributed by atoms with E-state index in [2.05, 4.69) is 11.1 Å². The lowest BCUT2D eigenvalue weighted by atomic mass is 9.98. The zero-order valence-corrected chi connectivity index (χ0v) is 20.8. The lowest BCUT2D eigenvalue weighted by Gasteiger charge is -2.36. The second kappa shape index (κ2) is 11.9. The van der Waals surface area contributed by atoms with Crippen molar-refractivity contribution in [2.45, 2.75) is 39.8 Å². The van der Waals surface area contributed by atoms with Gasteiger partial charge in [0.1, 0.15) is 17.5 Å². The van der Waals surface area contributed by atoms with Crippen LogP contribution in [0, 0.1) is 35.5 Å². The summed E-state index contributed by atoms with van der Waals surface area (Å²) in [6, 6.07) is 19.7. The zero-order chi connectivity index (χ0) is 26.2. The highest BCUT2D eigenvalue weighted by Crippen LogP contribution is 2.30. The molecular formula is C28H30N6O2. The van der Waals surface area contributed by atoms with Gasteiger partial charge in [0.15, 0.2) is 0 Å². The molecule has 0 radical (unpaired) electrons. The quantitative estimate of drug-likeness (QED) is 0.497. The van der Waals surface area contributed by atoms with Crippen molar-refractivity contribution in [2.24, 2.45) is 11.7 Å². The van der Waals surface area contributed by atoms with E-state index in [1.165, 1.54) is 0 Å². The molecule has 0 aliphatic carbocycles. The van der Waals surface area contributed by atoms with Crippen LogP contribution in [0.3, 0.4) is 0 Å². The first-order chi connectivity index (χ1) is 17.3. The summed E-state index contributed by atoms with van der Waals surface area (Å²) in [6.45, 7) is 6.76. The largest absolute Gasteiger partial charge is 0.330 e. The van der Waals surface area contributed by atoms with Crippen LogP contribution in [-0.2, 0) is 6.54 Å². The SMILES string of the molecule is Cc1c(C#N)c(=O)nc(C(C(C)C)N(CCCN)C(=O)c2cccc(C#N)c2)n1Cc1ccccc1. The Kier molecular flexibility index (Phi) is 8.72. The Balaban J connectivity index is 2.22. The first-order valence-corrected chi connectivity index (χ1v) is 11.9. The summed E-state index contributed by atoms with van der Waals surface area (Å²) in [5.74, 6) is 0.0195. The van der Waals surface area contributed by atoms with Crippen molar-refractivity contribution < 1.29 is 4.79 Å². The van der Waals surface area contributed by atoms with Gasteiger partial charge in [-0.3, -0.25) is 9.59 Å². The lowest BCUT2D eigenvalue weighted by Crippen LogP contribution is -2.42. The second-order valence-electron chi connectivity index (χ2n) is 8.94. The Bertz CT molecular complexity index is 1370. The first kappa shape index (κ1) is 26.3. The van der Waals surface area contributed by atoms with Crippen molar-refractivity contribution in [1.29, 1.82) is 10.5 Å². The number of nitriles is 2. The topological polar surface area (TPSA) is 129 Å². The van der Waals surface area contributed by atoms with Crippen LogP contribution in [0.2, 0.25) is 0 Å². The molecule has 0 spiro atoms. The van der Waals surface area contributed by atoms with Gasteiger partial charge in [0.05, 0.1) is 17.7 Å². The number of amides is 1. The third-order valence-corrected chi connectivity index (χ3v) is 6.10. The van der Waals surface area contributed by atoms with Crippen LogP contribution in [0.1, 0.15) is 64.9 Å². The second-order valence-corrected chi connectivity index (χ2v) is 8.94. The van der Waals surface area contributed by atoms with Crippen LogP contribution in [-0.4, -0.2) is 33.4 Å². The highest BCUT2D eigenvalue weighted by molar-refractivity contribution is 5.94. The minimum absolute atomic E-state index is 0.0151. The summed E-state index contributed by atoms with van der Waals surface area (Å²) in [4.78, 5) is 32.7. The van der Waals surface area contributed by atoms with Gasteiger partial charge in [-0.1, -0.05) is 50.2 Å². The molecule has 0 bridgehead atoms. The van der Waals surface area contributed by atoms with Crippen molar-refractivity contribution in [3.05, 3.63) is 98.7 Å². The number of carbonyl (C=O) groups excluding carboxylic acids is 1. The molecule has 0 fully saturated rings. The highest BCUT2D eigenvalue weighted by atomic mass is 16.2. The molecule has 3 rings (SSSR count). The molecule has 0 saturated carbocycles. The summed E-state index contributed by atoms with van der Waals surface area (Å²) in [5, 5.41) is 19.0. The molecule has 36 heavy (non-hydrogen) atoms. The minimum atomic E-state index is -0.613. The van der Waals surface area contributed by atoms with Crippen LogP contribution in [0.5, 0.6) is 0 Å². The van der Waals surface area contributed by atoms with E-state index in [0.29, 0.717) is 48.7 Å². The van der Waals surface area contributed by atoms with E-state index in [-0.39, 0.29) is 17.4 Å². The predicted molar refractivity (Wildman–Crippen MR) is 137 cm³/mol. The maximum Gasteiger partial charge on any atom is 0.291 e. The number of rotatable bonds is 9. The van der Waals surface area contributed by atoms with Gasteiger partial charge in [0, 0.05) is 24.3 Å². The Morgan fingerprint density at radius 1 is 1.11 bits per heavy atom. The number of hydrogen-bond donors (Lipinski definition) is 1. The monoisotopic (exact) mass is 482 g/mol. The van der Waals surface area contributed by atoms with Gasteiger partial charge in [0.2, 0.25) is 0 Å². The number of aromatic nitrogens is 2. The molecule has 1 aromatic heterocycles. The lowest BCUT2D eigenvalue weighted by molar-refractivity contribution is 0.0601. The van der Waals surface area contributed by atoms with Crippen molar-refractivity contribution in [3.63, 3.8) is 0 Å². The maximum absolute atomic E-state index is 13.8. The van der Waals surface area contributed by atoms with E-state index < -0.39 is 11.6 Å². The normalized spacial score (nSPS) is 11.5. The number of carbonyl (C=O) groups is 1. The summed E-state index contributed by atoms with van der Waals surface area (Å²) in [5.41, 5.74) is 7.41. The molecule has 1 amide bonds. The minimum Gasteiger partial charge on any atom is -0.330 e. The van der Waals surface area contributed by atoms with Crippen LogP contribution >= 0.6 is 0 Å². The van der Waals surface area contributed by atoms with E-state index in [1.54, 1.807) is 36.1 Å². The predicted octanol–water partition coefficient (Wildman–Crippen LogP) is 3.53. The Morgan fingerprint density at radius 2 is 1.83 bits per heavy atom. The Labute approximate surface area is 211 Å². The molecule has 2 aromatic carbocycles. The summed E-state index contributed by atoms with van der Waals surface area (Å²) in [7, 11) is 0. The van der Waals surface area contributed by atoms with Gasteiger partial charge < -0.3 is 15.2 Å². The van der Waals surface area contributed by atoms with Crippen molar-refractivity contribution in [2.75, 3.05) is 13.1 Å². The molecule has 1 heterocycles. The number of nitrogens with zero attached hydrogens (tertiary/aromatic N) is 5. The smallest absolute Gasteiger partial charge is 0.291 e. The van der Waals surface area contributed by atoms with Gasteiger partial charge in [-0.05, 0) is 49.6 Å². The summed E-state index contributed by atoms with van der Waals surface area (Å²) in [6.07, 6.45) is 0.547. The molecule has 0 aliphatic rings.